The van der Waals surface area contributed by atoms with Crippen LogP contribution in [0.5, 0.6) is 0 Å². The first-order valence-electron chi connectivity index (χ1n) is 6.31. The molecule has 0 saturated heterocycles. The van der Waals surface area contributed by atoms with Crippen LogP contribution in [0.15, 0.2) is 24.3 Å². The number of aliphatic hydroxyl groups excluding tert-OH is 2. The highest BCUT2D eigenvalue weighted by Gasteiger charge is 2.06. The van der Waals surface area contributed by atoms with Crippen molar-refractivity contribution in [1.82, 2.24) is 9.97 Å². The third-order valence-electron chi connectivity index (χ3n) is 2.63. The number of hydrogen-bond donors (Lipinski definition) is 4. The summed E-state index contributed by atoms with van der Waals surface area (Å²) in [6, 6.07) is 7.70. The van der Waals surface area contributed by atoms with Crippen LogP contribution in [0.4, 0.5) is 11.8 Å². The maximum absolute atomic E-state index is 8.89. The molecule has 0 fully saturated rings. The molecule has 0 unspecified atom stereocenters. The fraction of sp³-hybridized carbons (Fsp3) is 0.385. The molecule has 0 spiro atoms. The van der Waals surface area contributed by atoms with Gasteiger partial charge in [-0.1, -0.05) is 12.1 Å². The Kier molecular flexibility index (Phi) is 4.88. The molecule has 4 N–H and O–H groups in total. The van der Waals surface area contributed by atoms with Gasteiger partial charge in [0.25, 0.3) is 0 Å². The van der Waals surface area contributed by atoms with E-state index >= 15 is 0 Å². The minimum atomic E-state index is 0.0472. The van der Waals surface area contributed by atoms with Gasteiger partial charge < -0.3 is 20.8 Å². The smallest absolute Gasteiger partial charge is 0.225 e. The second kappa shape index (κ2) is 6.86. The number of aliphatic hydroxyl groups is 2. The Morgan fingerprint density at radius 2 is 1.79 bits per heavy atom. The van der Waals surface area contributed by atoms with Crippen LogP contribution in [0.1, 0.15) is 6.42 Å². The molecule has 0 aliphatic heterocycles. The van der Waals surface area contributed by atoms with Crippen molar-refractivity contribution in [2.75, 3.05) is 36.9 Å². The minimum absolute atomic E-state index is 0.0472. The first-order chi connectivity index (χ1) is 9.35. The van der Waals surface area contributed by atoms with Gasteiger partial charge in [0.05, 0.1) is 12.1 Å². The molecule has 1 aromatic carbocycles. The lowest BCUT2D eigenvalue weighted by Gasteiger charge is -2.10. The van der Waals surface area contributed by atoms with Crippen LogP contribution in [-0.4, -0.2) is 46.5 Å². The van der Waals surface area contributed by atoms with Gasteiger partial charge in [-0.15, -0.1) is 0 Å². The molecule has 1 aromatic heterocycles. The van der Waals surface area contributed by atoms with E-state index in [1.165, 1.54) is 0 Å². The van der Waals surface area contributed by atoms with E-state index in [4.69, 9.17) is 10.2 Å². The molecule has 0 aliphatic rings. The zero-order chi connectivity index (χ0) is 13.5. The molecule has 2 aromatic rings. The predicted octanol–water partition coefficient (Wildman–Crippen LogP) is 0.828. The Hall–Kier alpha value is -1.92. The van der Waals surface area contributed by atoms with Crippen molar-refractivity contribution in [1.29, 1.82) is 0 Å². The van der Waals surface area contributed by atoms with E-state index in [1.807, 2.05) is 24.3 Å². The zero-order valence-electron chi connectivity index (χ0n) is 10.6. The monoisotopic (exact) mass is 262 g/mol. The normalized spacial score (nSPS) is 10.6. The molecule has 6 nitrogen and oxygen atoms in total. The van der Waals surface area contributed by atoms with Crippen LogP contribution in [-0.2, 0) is 0 Å². The largest absolute Gasteiger partial charge is 0.396 e. The van der Waals surface area contributed by atoms with Gasteiger partial charge in [0.2, 0.25) is 5.95 Å². The predicted molar refractivity (Wildman–Crippen MR) is 75.3 cm³/mol. The van der Waals surface area contributed by atoms with Crippen LogP contribution >= 0.6 is 0 Å². The molecule has 6 heteroatoms. The minimum Gasteiger partial charge on any atom is -0.396 e. The van der Waals surface area contributed by atoms with Gasteiger partial charge in [0.1, 0.15) is 5.82 Å². The molecule has 102 valence electrons. The summed E-state index contributed by atoms with van der Waals surface area (Å²) in [4.78, 5) is 8.79. The number of aromatic nitrogens is 2. The SMILES string of the molecule is OCCCNc1nc(NCCO)c2ccccc2n1. The van der Waals surface area contributed by atoms with E-state index in [2.05, 4.69) is 20.6 Å². The number of para-hydroxylation sites is 1. The second-order valence-electron chi connectivity index (χ2n) is 4.07. The molecule has 0 amide bonds. The Morgan fingerprint density at radius 3 is 2.58 bits per heavy atom. The van der Waals surface area contributed by atoms with Gasteiger partial charge >= 0.3 is 0 Å². The van der Waals surface area contributed by atoms with Crippen LogP contribution in [0.3, 0.4) is 0 Å². The fourth-order valence-electron chi connectivity index (χ4n) is 1.74. The van der Waals surface area contributed by atoms with Crippen molar-refractivity contribution >= 4 is 22.7 Å². The number of nitrogens with zero attached hydrogens (tertiary/aromatic N) is 2. The molecule has 0 saturated carbocycles. The Balaban J connectivity index is 2.27. The van der Waals surface area contributed by atoms with Gasteiger partial charge in [0.15, 0.2) is 0 Å². The first-order valence-corrected chi connectivity index (χ1v) is 6.31. The standard InChI is InChI=1S/C13H18N4O2/c18-8-3-6-15-13-16-11-5-2-1-4-10(11)12(17-13)14-7-9-19/h1-2,4-5,18-19H,3,6-9H2,(H2,14,15,16,17). The van der Waals surface area contributed by atoms with Gasteiger partial charge in [-0.3, -0.25) is 0 Å². The van der Waals surface area contributed by atoms with E-state index in [0.717, 1.165) is 10.9 Å². The summed E-state index contributed by atoms with van der Waals surface area (Å²) in [5.41, 5.74) is 0.837. The number of hydrogen-bond acceptors (Lipinski definition) is 6. The van der Waals surface area contributed by atoms with Crippen LogP contribution in [0, 0.1) is 0 Å². The molecule has 0 atom stereocenters. The number of benzene rings is 1. The van der Waals surface area contributed by atoms with E-state index < -0.39 is 0 Å². The molecular formula is C13H18N4O2. The first kappa shape index (κ1) is 13.5. The molecule has 0 bridgehead atoms. The van der Waals surface area contributed by atoms with Crippen molar-refractivity contribution in [2.24, 2.45) is 0 Å². The Bertz CT molecular complexity index is 533. The summed E-state index contributed by atoms with van der Waals surface area (Å²) in [6.45, 7) is 1.24. The molecule has 19 heavy (non-hydrogen) atoms. The molecule has 0 radical (unpaired) electrons. The van der Waals surface area contributed by atoms with E-state index in [1.54, 1.807) is 0 Å². The molecule has 2 rings (SSSR count). The van der Waals surface area contributed by atoms with Crippen molar-refractivity contribution in [3.05, 3.63) is 24.3 Å². The zero-order valence-corrected chi connectivity index (χ0v) is 10.6. The van der Waals surface area contributed by atoms with Gasteiger partial charge in [-0.25, -0.2) is 4.98 Å². The van der Waals surface area contributed by atoms with Crippen molar-refractivity contribution in [3.63, 3.8) is 0 Å². The summed E-state index contributed by atoms with van der Waals surface area (Å²) in [5, 5.41) is 24.7. The van der Waals surface area contributed by atoms with Gasteiger partial charge in [-0.2, -0.15) is 4.98 Å². The topological polar surface area (TPSA) is 90.3 Å². The Morgan fingerprint density at radius 1 is 0.947 bits per heavy atom. The van der Waals surface area contributed by atoms with E-state index in [0.29, 0.717) is 31.3 Å². The Labute approximate surface area is 111 Å². The van der Waals surface area contributed by atoms with Crippen molar-refractivity contribution < 1.29 is 10.2 Å². The third kappa shape index (κ3) is 3.52. The van der Waals surface area contributed by atoms with Crippen LogP contribution < -0.4 is 10.6 Å². The van der Waals surface area contributed by atoms with Crippen LogP contribution in [0.2, 0.25) is 0 Å². The van der Waals surface area contributed by atoms with Gasteiger partial charge in [-0.05, 0) is 18.6 Å². The summed E-state index contributed by atoms with van der Waals surface area (Å²) < 4.78 is 0. The number of anilines is 2. The number of nitrogens with one attached hydrogen (secondary N) is 2. The lowest BCUT2D eigenvalue weighted by molar-refractivity contribution is 0.292. The highest BCUT2D eigenvalue weighted by Crippen LogP contribution is 2.21. The van der Waals surface area contributed by atoms with Crippen molar-refractivity contribution in [3.8, 4) is 0 Å². The molecular weight excluding hydrogens is 244 g/mol. The number of rotatable bonds is 7. The maximum atomic E-state index is 8.89. The highest BCUT2D eigenvalue weighted by atomic mass is 16.3. The second-order valence-corrected chi connectivity index (χ2v) is 4.07. The summed E-state index contributed by atoms with van der Waals surface area (Å²) in [6.07, 6.45) is 0.648. The lowest BCUT2D eigenvalue weighted by atomic mass is 10.2. The maximum Gasteiger partial charge on any atom is 0.225 e. The van der Waals surface area contributed by atoms with Gasteiger partial charge in [0, 0.05) is 25.1 Å². The average Bonchev–Trinajstić information content (AvgIpc) is 2.45. The molecule has 0 aliphatic carbocycles. The number of fused-ring (bicyclic) bond motifs is 1. The highest BCUT2D eigenvalue weighted by molar-refractivity contribution is 5.89. The summed E-state index contributed by atoms with van der Waals surface area (Å²) in [7, 11) is 0. The summed E-state index contributed by atoms with van der Waals surface area (Å²) >= 11 is 0. The fourth-order valence-corrected chi connectivity index (χ4v) is 1.74. The average molecular weight is 262 g/mol. The van der Waals surface area contributed by atoms with E-state index in [9.17, 15) is 0 Å². The van der Waals surface area contributed by atoms with Crippen molar-refractivity contribution in [2.45, 2.75) is 6.42 Å². The molecule has 1 heterocycles. The van der Waals surface area contributed by atoms with Crippen LogP contribution in [0.25, 0.3) is 10.9 Å². The lowest BCUT2D eigenvalue weighted by Crippen LogP contribution is -2.11. The quantitative estimate of drug-likeness (QED) is 0.553. The summed E-state index contributed by atoms with van der Waals surface area (Å²) in [5.74, 6) is 1.22. The third-order valence-corrected chi connectivity index (χ3v) is 2.63. The van der Waals surface area contributed by atoms with E-state index in [-0.39, 0.29) is 13.2 Å².